The number of hydrogen-bond acceptors (Lipinski definition) is 5. The minimum absolute atomic E-state index is 0.0979. The van der Waals surface area contributed by atoms with Gasteiger partial charge in [0.25, 0.3) is 5.56 Å². The van der Waals surface area contributed by atoms with E-state index in [2.05, 4.69) is 11.9 Å². The van der Waals surface area contributed by atoms with E-state index < -0.39 is 0 Å². The van der Waals surface area contributed by atoms with E-state index in [0.29, 0.717) is 33.5 Å². The Morgan fingerprint density at radius 3 is 2.64 bits per heavy atom. The fourth-order valence-electron chi connectivity index (χ4n) is 3.55. The van der Waals surface area contributed by atoms with Crippen LogP contribution in [0.1, 0.15) is 12.5 Å². The second kappa shape index (κ2) is 9.25. The fourth-order valence-corrected chi connectivity index (χ4v) is 4.71. The van der Waals surface area contributed by atoms with Crippen molar-refractivity contribution in [2.75, 3.05) is 13.2 Å². The van der Waals surface area contributed by atoms with E-state index in [1.807, 2.05) is 72.8 Å². The lowest BCUT2D eigenvalue weighted by Crippen LogP contribution is -2.23. The van der Waals surface area contributed by atoms with Crippen LogP contribution in [0.3, 0.4) is 0 Å². The Labute approximate surface area is 199 Å². The van der Waals surface area contributed by atoms with Crippen LogP contribution < -0.4 is 19.6 Å². The molecule has 2 heterocycles. The molecule has 0 saturated heterocycles. The van der Waals surface area contributed by atoms with Gasteiger partial charge in [-0.1, -0.05) is 60.2 Å². The zero-order valence-corrected chi connectivity index (χ0v) is 19.5. The van der Waals surface area contributed by atoms with Crippen LogP contribution in [0.5, 0.6) is 11.5 Å². The molecule has 0 saturated carbocycles. The van der Waals surface area contributed by atoms with Crippen LogP contribution in [0.4, 0.5) is 0 Å². The molecule has 1 atom stereocenters. The monoisotopic (exact) mass is 476 g/mol. The number of halogens is 1. The van der Waals surface area contributed by atoms with Crippen molar-refractivity contribution in [3.05, 3.63) is 98.3 Å². The van der Waals surface area contributed by atoms with Gasteiger partial charge in [0, 0.05) is 16.5 Å². The predicted molar refractivity (Wildman–Crippen MR) is 134 cm³/mol. The fraction of sp³-hybridized carbons (Fsp3) is 0.154. The Kier molecular flexibility index (Phi) is 6.03. The molecule has 0 bridgehead atoms. The number of aromatic nitrogens is 2. The summed E-state index contributed by atoms with van der Waals surface area (Å²) >= 11 is 7.61. The Balaban J connectivity index is 1.39. The largest absolute Gasteiger partial charge is 0.493 e. The number of fused-ring (bicyclic) bond motifs is 3. The first kappa shape index (κ1) is 21.5. The van der Waals surface area contributed by atoms with Crippen molar-refractivity contribution in [3.63, 3.8) is 0 Å². The molecule has 0 fully saturated rings. The standard InChI is InChI=1S/C26H21ClN2O3S/c1-17(15-31-20-7-3-2-4-8-20)16-32-23-12-11-19(27)13-18(23)14-24-25(30)29-22-10-6-5-9-21(22)28-26(29)33-24/h2-14,17H,15-16H2,1H3/b24-14+/t17-/m1/s1. The van der Waals surface area contributed by atoms with Crippen molar-refractivity contribution >= 4 is 45.0 Å². The number of rotatable bonds is 7. The summed E-state index contributed by atoms with van der Waals surface area (Å²) in [6, 6.07) is 22.8. The SMILES string of the molecule is C[C@H](COc1ccccc1)COc1ccc(Cl)cc1/C=c1/sc2nc3ccccc3n2c1=O. The molecule has 0 aliphatic carbocycles. The van der Waals surface area contributed by atoms with Crippen molar-refractivity contribution in [2.45, 2.75) is 6.92 Å². The van der Waals surface area contributed by atoms with Gasteiger partial charge in [0.05, 0.1) is 28.8 Å². The molecule has 0 aliphatic heterocycles. The highest BCUT2D eigenvalue weighted by atomic mass is 35.5. The summed E-state index contributed by atoms with van der Waals surface area (Å²) in [5.74, 6) is 1.67. The lowest BCUT2D eigenvalue weighted by molar-refractivity contribution is 0.188. The first-order valence-electron chi connectivity index (χ1n) is 10.6. The maximum absolute atomic E-state index is 13.1. The first-order valence-corrected chi connectivity index (χ1v) is 11.8. The van der Waals surface area contributed by atoms with E-state index in [-0.39, 0.29) is 11.5 Å². The molecule has 0 aliphatic rings. The minimum atomic E-state index is -0.0979. The second-order valence-corrected chi connectivity index (χ2v) is 9.30. The summed E-state index contributed by atoms with van der Waals surface area (Å²) in [6.45, 7) is 3.08. The molecule has 0 radical (unpaired) electrons. The van der Waals surface area contributed by atoms with Crippen LogP contribution >= 0.6 is 22.9 Å². The summed E-state index contributed by atoms with van der Waals surface area (Å²) in [5, 5.41) is 0.577. The van der Waals surface area contributed by atoms with Crippen molar-refractivity contribution in [1.82, 2.24) is 9.38 Å². The van der Waals surface area contributed by atoms with Crippen LogP contribution in [-0.2, 0) is 0 Å². The molecule has 0 amide bonds. The maximum Gasteiger partial charge on any atom is 0.274 e. The number of para-hydroxylation sites is 3. The highest BCUT2D eigenvalue weighted by molar-refractivity contribution is 7.15. The van der Waals surface area contributed by atoms with Gasteiger partial charge in [-0.2, -0.15) is 0 Å². The molecule has 166 valence electrons. The van der Waals surface area contributed by atoms with Gasteiger partial charge in [0.2, 0.25) is 0 Å². The maximum atomic E-state index is 13.1. The van der Waals surface area contributed by atoms with E-state index >= 15 is 0 Å². The van der Waals surface area contributed by atoms with Gasteiger partial charge in [0.15, 0.2) is 4.96 Å². The van der Waals surface area contributed by atoms with Crippen LogP contribution in [-0.4, -0.2) is 22.6 Å². The molecule has 5 aromatic rings. The van der Waals surface area contributed by atoms with E-state index in [4.69, 9.17) is 21.1 Å². The van der Waals surface area contributed by atoms with Crippen LogP contribution in [0.25, 0.3) is 22.1 Å². The van der Waals surface area contributed by atoms with Gasteiger partial charge >= 0.3 is 0 Å². The molecule has 5 nitrogen and oxygen atoms in total. The average molecular weight is 477 g/mol. The third-order valence-electron chi connectivity index (χ3n) is 5.20. The molecular weight excluding hydrogens is 456 g/mol. The molecule has 0 spiro atoms. The van der Waals surface area contributed by atoms with E-state index in [0.717, 1.165) is 22.3 Å². The van der Waals surface area contributed by atoms with Gasteiger partial charge in [0.1, 0.15) is 11.5 Å². The highest BCUT2D eigenvalue weighted by Gasteiger charge is 2.12. The molecule has 0 N–H and O–H groups in total. The number of thiazole rings is 1. The van der Waals surface area contributed by atoms with Crippen molar-refractivity contribution in [3.8, 4) is 11.5 Å². The Morgan fingerprint density at radius 2 is 1.79 bits per heavy atom. The number of imidazole rings is 1. The molecule has 7 heteroatoms. The molecule has 5 rings (SSSR count). The third kappa shape index (κ3) is 4.58. The zero-order chi connectivity index (χ0) is 22.8. The minimum Gasteiger partial charge on any atom is -0.493 e. The summed E-state index contributed by atoms with van der Waals surface area (Å²) in [4.78, 5) is 18.3. The van der Waals surface area contributed by atoms with Crippen LogP contribution in [0.2, 0.25) is 5.02 Å². The lowest BCUT2D eigenvalue weighted by Gasteiger charge is -2.15. The Hall–Kier alpha value is -3.35. The predicted octanol–water partition coefficient (Wildman–Crippen LogP) is 5.20. The Bertz CT molecular complexity index is 1530. The van der Waals surface area contributed by atoms with Gasteiger partial charge in [-0.3, -0.25) is 4.79 Å². The van der Waals surface area contributed by atoms with Gasteiger partial charge in [-0.25, -0.2) is 9.38 Å². The lowest BCUT2D eigenvalue weighted by atomic mass is 10.2. The molecule has 0 unspecified atom stereocenters. The second-order valence-electron chi connectivity index (χ2n) is 7.86. The van der Waals surface area contributed by atoms with E-state index in [9.17, 15) is 4.79 Å². The molecular formula is C26H21ClN2O3S. The van der Waals surface area contributed by atoms with Crippen LogP contribution in [0.15, 0.2) is 77.6 Å². The number of nitrogens with zero attached hydrogens (tertiary/aromatic N) is 2. The number of ether oxygens (including phenoxy) is 2. The van der Waals surface area contributed by atoms with E-state index in [1.165, 1.54) is 11.3 Å². The summed E-state index contributed by atoms with van der Waals surface area (Å²) < 4.78 is 14.1. The van der Waals surface area contributed by atoms with Gasteiger partial charge in [-0.05, 0) is 48.5 Å². The Morgan fingerprint density at radius 1 is 1.03 bits per heavy atom. The first-order chi connectivity index (χ1) is 16.1. The smallest absolute Gasteiger partial charge is 0.274 e. The summed E-state index contributed by atoms with van der Waals surface area (Å²) in [5.41, 5.74) is 2.28. The molecule has 3 aromatic carbocycles. The van der Waals surface area contributed by atoms with Crippen molar-refractivity contribution < 1.29 is 9.47 Å². The normalized spacial score (nSPS) is 13.0. The quantitative estimate of drug-likeness (QED) is 0.324. The molecule has 33 heavy (non-hydrogen) atoms. The van der Waals surface area contributed by atoms with Crippen molar-refractivity contribution in [1.29, 1.82) is 0 Å². The summed E-state index contributed by atoms with van der Waals surface area (Å²) in [6.07, 6.45) is 1.82. The zero-order valence-electron chi connectivity index (χ0n) is 17.9. The highest BCUT2D eigenvalue weighted by Crippen LogP contribution is 2.25. The van der Waals surface area contributed by atoms with Crippen LogP contribution in [0, 0.1) is 5.92 Å². The topological polar surface area (TPSA) is 52.8 Å². The molecule has 2 aromatic heterocycles. The van der Waals surface area contributed by atoms with Crippen molar-refractivity contribution in [2.24, 2.45) is 5.92 Å². The third-order valence-corrected chi connectivity index (χ3v) is 6.41. The number of benzene rings is 3. The van der Waals surface area contributed by atoms with E-state index in [1.54, 1.807) is 10.5 Å². The average Bonchev–Trinajstić information content (AvgIpc) is 3.34. The number of hydrogen-bond donors (Lipinski definition) is 0. The van der Waals surface area contributed by atoms with Gasteiger partial charge < -0.3 is 9.47 Å². The summed E-state index contributed by atoms with van der Waals surface area (Å²) in [7, 11) is 0. The van der Waals surface area contributed by atoms with Gasteiger partial charge in [-0.15, -0.1) is 0 Å².